The zero-order valence-electron chi connectivity index (χ0n) is 20.0. The molecule has 4 fully saturated rings. The molecular weight excluding hydrogens is 456 g/mol. The number of nitrogens with zero attached hydrogens (tertiary/aromatic N) is 5. The second-order valence-corrected chi connectivity index (χ2v) is 11.8. The molecule has 7 rings (SSSR count). The molecule has 8 heteroatoms. The van der Waals surface area contributed by atoms with Crippen molar-refractivity contribution in [1.82, 2.24) is 25.5 Å². The first kappa shape index (κ1) is 21.8. The summed E-state index contributed by atoms with van der Waals surface area (Å²) in [5.41, 5.74) is 4.32. The van der Waals surface area contributed by atoms with E-state index in [9.17, 15) is 0 Å². The Labute approximate surface area is 210 Å². The average molecular weight is 489 g/mol. The Morgan fingerprint density at radius 1 is 1.06 bits per heavy atom. The third-order valence-corrected chi connectivity index (χ3v) is 9.18. The molecule has 1 atom stereocenters. The van der Waals surface area contributed by atoms with Gasteiger partial charge in [-0.05, 0) is 80.7 Å². The van der Waals surface area contributed by atoms with Crippen molar-refractivity contribution in [2.45, 2.75) is 55.9 Å². The molecule has 7 nitrogen and oxygen atoms in total. The van der Waals surface area contributed by atoms with E-state index >= 15 is 0 Å². The largest absolute Gasteiger partial charge is 0.378 e. The van der Waals surface area contributed by atoms with Crippen LogP contribution in [-0.4, -0.2) is 59.1 Å². The van der Waals surface area contributed by atoms with Crippen LogP contribution in [-0.2, 0) is 10.2 Å². The van der Waals surface area contributed by atoms with E-state index in [1.807, 2.05) is 18.6 Å². The van der Waals surface area contributed by atoms with Crippen LogP contribution in [0, 0.1) is 5.92 Å². The van der Waals surface area contributed by atoms with Crippen molar-refractivity contribution in [1.29, 1.82) is 0 Å². The van der Waals surface area contributed by atoms with Gasteiger partial charge in [-0.25, -0.2) is 0 Å². The van der Waals surface area contributed by atoms with Gasteiger partial charge in [-0.2, -0.15) is 0 Å². The van der Waals surface area contributed by atoms with Gasteiger partial charge in [0, 0.05) is 37.1 Å². The Hall–Kier alpha value is -2.42. The van der Waals surface area contributed by atoms with Crippen LogP contribution in [0.4, 0.5) is 5.69 Å². The first-order chi connectivity index (χ1) is 17.3. The molecular formula is C27H32N6OS. The molecule has 2 saturated carbocycles. The van der Waals surface area contributed by atoms with E-state index in [1.165, 1.54) is 56.3 Å². The molecule has 0 aromatic carbocycles. The number of pyridine rings is 2. The summed E-state index contributed by atoms with van der Waals surface area (Å²) >= 11 is 1.65. The Balaban J connectivity index is 1.08. The molecule has 0 radical (unpaired) electrons. The van der Waals surface area contributed by atoms with E-state index in [-0.39, 0.29) is 5.41 Å². The maximum absolute atomic E-state index is 5.70. The summed E-state index contributed by atoms with van der Waals surface area (Å²) in [6.45, 7) is 4.56. The van der Waals surface area contributed by atoms with Gasteiger partial charge in [0.2, 0.25) is 0 Å². The Morgan fingerprint density at radius 3 is 2.71 bits per heavy atom. The lowest BCUT2D eigenvalue weighted by molar-refractivity contribution is -0.0403. The van der Waals surface area contributed by atoms with Gasteiger partial charge in [0.05, 0.1) is 30.8 Å². The molecule has 2 aliphatic heterocycles. The fourth-order valence-corrected chi connectivity index (χ4v) is 6.32. The maximum atomic E-state index is 5.70. The molecule has 0 amide bonds. The van der Waals surface area contributed by atoms with E-state index in [4.69, 9.17) is 9.72 Å². The van der Waals surface area contributed by atoms with Crippen LogP contribution in [0.5, 0.6) is 0 Å². The topological polar surface area (TPSA) is 76.1 Å². The smallest absolute Gasteiger partial charge is 0.149 e. The molecule has 2 aliphatic carbocycles. The highest BCUT2D eigenvalue weighted by atomic mass is 32.1. The highest BCUT2D eigenvalue weighted by molar-refractivity contribution is 7.14. The minimum absolute atomic E-state index is 0.299. The summed E-state index contributed by atoms with van der Waals surface area (Å²) in [5, 5.41) is 14.9. The molecule has 1 N–H and O–H groups in total. The molecule has 35 heavy (non-hydrogen) atoms. The number of hydrogen-bond donors (Lipinski definition) is 1. The molecule has 0 unspecified atom stereocenters. The maximum Gasteiger partial charge on any atom is 0.149 e. The zero-order valence-corrected chi connectivity index (χ0v) is 20.8. The van der Waals surface area contributed by atoms with Crippen molar-refractivity contribution in [2.24, 2.45) is 5.92 Å². The SMILES string of the molecule is c1ncc(C2CC2)cc1-c1nnc(C2(c3ccc(N4CCC[C@@H](NCC5CC5)C4)cn3)COC2)s1. The standard InChI is InChI=1S/C27H32N6OS/c1-2-22(29-11-18-3-4-18)15-33(9-1)23-7-8-24(30-14-23)27(16-34-17-27)26-32-31-25(35-26)21-10-20(12-28-13-21)19-5-6-19/h7-8,10,12-14,18-19,22,29H,1-6,9,11,15-17H2/t22-/m1/s1. The fourth-order valence-electron chi connectivity index (χ4n) is 5.32. The van der Waals surface area contributed by atoms with E-state index in [2.05, 4.69) is 43.6 Å². The number of nitrogens with one attached hydrogen (secondary N) is 1. The summed E-state index contributed by atoms with van der Waals surface area (Å²) in [4.78, 5) is 11.9. The lowest BCUT2D eigenvalue weighted by Crippen LogP contribution is -2.48. The Morgan fingerprint density at radius 2 is 1.97 bits per heavy atom. The molecule has 2 saturated heterocycles. The van der Waals surface area contributed by atoms with E-state index in [0.29, 0.717) is 25.2 Å². The van der Waals surface area contributed by atoms with Crippen molar-refractivity contribution in [2.75, 3.05) is 37.7 Å². The van der Waals surface area contributed by atoms with Gasteiger partial charge in [-0.1, -0.05) is 11.3 Å². The summed E-state index contributed by atoms with van der Waals surface area (Å²) < 4.78 is 5.70. The first-order valence-corrected chi connectivity index (χ1v) is 13.9. The molecule has 182 valence electrons. The number of aromatic nitrogens is 4. The van der Waals surface area contributed by atoms with Crippen LogP contribution >= 0.6 is 11.3 Å². The molecule has 5 heterocycles. The van der Waals surface area contributed by atoms with Gasteiger partial charge < -0.3 is 15.0 Å². The summed E-state index contributed by atoms with van der Waals surface area (Å²) in [7, 11) is 0. The van der Waals surface area contributed by atoms with E-state index < -0.39 is 0 Å². The molecule has 0 bridgehead atoms. The Bertz CT molecular complexity index is 1180. The van der Waals surface area contributed by atoms with Crippen molar-refractivity contribution < 1.29 is 4.74 Å². The summed E-state index contributed by atoms with van der Waals surface area (Å²) in [5.74, 6) is 1.60. The summed E-state index contributed by atoms with van der Waals surface area (Å²) in [6, 6.07) is 7.23. The van der Waals surface area contributed by atoms with Gasteiger partial charge in [-0.3, -0.25) is 9.97 Å². The van der Waals surface area contributed by atoms with Gasteiger partial charge in [-0.15, -0.1) is 10.2 Å². The van der Waals surface area contributed by atoms with Crippen LogP contribution in [0.1, 0.15) is 60.7 Å². The lowest BCUT2D eigenvalue weighted by Gasteiger charge is -2.39. The number of rotatable bonds is 8. The van der Waals surface area contributed by atoms with Crippen LogP contribution in [0.15, 0.2) is 36.8 Å². The molecule has 4 aliphatic rings. The predicted molar refractivity (Wildman–Crippen MR) is 137 cm³/mol. The van der Waals surface area contributed by atoms with Crippen molar-refractivity contribution in [3.8, 4) is 10.6 Å². The highest BCUT2D eigenvalue weighted by Crippen LogP contribution is 2.43. The third kappa shape index (κ3) is 4.36. The fraction of sp³-hybridized carbons (Fsp3) is 0.556. The molecule has 3 aromatic heterocycles. The minimum Gasteiger partial charge on any atom is -0.378 e. The number of hydrogen-bond acceptors (Lipinski definition) is 8. The zero-order chi connectivity index (χ0) is 23.2. The van der Waals surface area contributed by atoms with Crippen molar-refractivity contribution in [3.05, 3.63) is 53.1 Å². The predicted octanol–water partition coefficient (Wildman–Crippen LogP) is 4.16. The average Bonchev–Trinajstić information content (AvgIpc) is 3.82. The van der Waals surface area contributed by atoms with E-state index in [1.54, 1.807) is 11.3 Å². The minimum atomic E-state index is -0.299. The van der Waals surface area contributed by atoms with Crippen LogP contribution < -0.4 is 10.2 Å². The number of ether oxygens (including phenoxy) is 1. The third-order valence-electron chi connectivity index (χ3n) is 8.00. The second kappa shape index (κ2) is 8.91. The van der Waals surface area contributed by atoms with Gasteiger partial charge in [0.15, 0.2) is 0 Å². The van der Waals surface area contributed by atoms with Crippen molar-refractivity contribution >= 4 is 17.0 Å². The first-order valence-electron chi connectivity index (χ1n) is 13.1. The Kier molecular flexibility index (Phi) is 5.56. The van der Waals surface area contributed by atoms with Gasteiger partial charge >= 0.3 is 0 Å². The van der Waals surface area contributed by atoms with Crippen LogP contribution in [0.3, 0.4) is 0 Å². The normalized spacial score (nSPS) is 23.8. The number of piperidine rings is 1. The highest BCUT2D eigenvalue weighted by Gasteiger charge is 2.47. The quantitative estimate of drug-likeness (QED) is 0.510. The molecule has 3 aromatic rings. The summed E-state index contributed by atoms with van der Waals surface area (Å²) in [6.07, 6.45) is 13.8. The van der Waals surface area contributed by atoms with Gasteiger partial charge in [0.25, 0.3) is 0 Å². The monoisotopic (exact) mass is 488 g/mol. The lowest BCUT2D eigenvalue weighted by atomic mass is 9.82. The van der Waals surface area contributed by atoms with Crippen LogP contribution in [0.2, 0.25) is 0 Å². The van der Waals surface area contributed by atoms with Crippen LogP contribution in [0.25, 0.3) is 10.6 Å². The second-order valence-electron chi connectivity index (χ2n) is 10.8. The van der Waals surface area contributed by atoms with Gasteiger partial charge in [0.1, 0.15) is 15.4 Å². The number of anilines is 1. The van der Waals surface area contributed by atoms with E-state index in [0.717, 1.165) is 40.3 Å². The molecule has 0 spiro atoms. The van der Waals surface area contributed by atoms with Crippen molar-refractivity contribution in [3.63, 3.8) is 0 Å².